The third-order valence-corrected chi connectivity index (χ3v) is 4.95. The first kappa shape index (κ1) is 16.2. The van der Waals surface area contributed by atoms with E-state index >= 15 is 0 Å². The Labute approximate surface area is 124 Å². The van der Waals surface area contributed by atoms with E-state index in [0.29, 0.717) is 5.41 Å². The molecule has 0 radical (unpaired) electrons. The number of nitrogens with one attached hydrogen (secondary N) is 1. The number of hydrogen-bond acceptors (Lipinski definition) is 4. The predicted molar refractivity (Wildman–Crippen MR) is 82.1 cm³/mol. The zero-order valence-corrected chi connectivity index (χ0v) is 13.3. The van der Waals surface area contributed by atoms with Gasteiger partial charge in [-0.1, -0.05) is 0 Å². The van der Waals surface area contributed by atoms with E-state index in [0.717, 1.165) is 45.4 Å². The lowest BCUT2D eigenvalue weighted by Crippen LogP contribution is -2.36. The highest BCUT2D eigenvalue weighted by Gasteiger charge is 2.53. The summed E-state index contributed by atoms with van der Waals surface area (Å²) in [6.07, 6.45) is 4.19. The molecular formula is C16H32N2O2. The molecule has 20 heavy (non-hydrogen) atoms. The third kappa shape index (κ3) is 4.69. The summed E-state index contributed by atoms with van der Waals surface area (Å²) in [5, 5.41) is 3.48. The Kier molecular flexibility index (Phi) is 6.75. The summed E-state index contributed by atoms with van der Waals surface area (Å²) in [6, 6.07) is 0. The van der Waals surface area contributed by atoms with E-state index in [4.69, 9.17) is 9.47 Å². The van der Waals surface area contributed by atoms with E-state index in [1.165, 1.54) is 38.9 Å². The minimum Gasteiger partial charge on any atom is -0.380 e. The molecule has 1 heterocycles. The molecule has 2 fully saturated rings. The van der Waals surface area contributed by atoms with Crippen LogP contribution in [0, 0.1) is 11.3 Å². The van der Waals surface area contributed by atoms with Gasteiger partial charge in [-0.3, -0.25) is 4.90 Å². The molecule has 2 rings (SSSR count). The Balaban J connectivity index is 1.71. The van der Waals surface area contributed by atoms with E-state index in [-0.39, 0.29) is 0 Å². The largest absolute Gasteiger partial charge is 0.380 e. The molecule has 0 aromatic carbocycles. The molecule has 1 saturated carbocycles. The zero-order chi connectivity index (χ0) is 14.3. The van der Waals surface area contributed by atoms with Crippen LogP contribution in [0.4, 0.5) is 0 Å². The van der Waals surface area contributed by atoms with Crippen LogP contribution in [-0.2, 0) is 9.47 Å². The molecule has 0 amide bonds. The molecule has 1 atom stereocenters. The van der Waals surface area contributed by atoms with Gasteiger partial charge in [-0.05, 0) is 57.5 Å². The van der Waals surface area contributed by atoms with Crippen molar-refractivity contribution in [2.24, 2.45) is 11.3 Å². The van der Waals surface area contributed by atoms with Crippen molar-refractivity contribution < 1.29 is 9.47 Å². The lowest BCUT2D eigenvalue weighted by Gasteiger charge is -2.27. The maximum atomic E-state index is 5.52. The topological polar surface area (TPSA) is 33.7 Å². The SMILES string of the molecule is CCOCCN(CCOCC)CC1CC12CCNCC2. The van der Waals surface area contributed by atoms with Crippen LogP contribution in [0.1, 0.15) is 33.1 Å². The van der Waals surface area contributed by atoms with Gasteiger partial charge in [0.2, 0.25) is 0 Å². The van der Waals surface area contributed by atoms with Crippen molar-refractivity contribution in [3.8, 4) is 0 Å². The molecule has 4 nitrogen and oxygen atoms in total. The summed E-state index contributed by atoms with van der Waals surface area (Å²) < 4.78 is 11.0. The number of nitrogens with zero attached hydrogens (tertiary/aromatic N) is 1. The summed E-state index contributed by atoms with van der Waals surface area (Å²) in [5.41, 5.74) is 0.681. The molecular weight excluding hydrogens is 252 g/mol. The van der Waals surface area contributed by atoms with Crippen molar-refractivity contribution in [3.63, 3.8) is 0 Å². The van der Waals surface area contributed by atoms with Gasteiger partial charge in [-0.2, -0.15) is 0 Å². The van der Waals surface area contributed by atoms with Crippen molar-refractivity contribution in [3.05, 3.63) is 0 Å². The van der Waals surface area contributed by atoms with Crippen LogP contribution in [0.3, 0.4) is 0 Å². The van der Waals surface area contributed by atoms with Crippen molar-refractivity contribution in [2.75, 3.05) is 59.2 Å². The molecule has 4 heteroatoms. The molecule has 2 aliphatic rings. The highest BCUT2D eigenvalue weighted by atomic mass is 16.5. The molecule has 0 bridgehead atoms. The van der Waals surface area contributed by atoms with Crippen molar-refractivity contribution >= 4 is 0 Å². The Morgan fingerprint density at radius 2 is 1.65 bits per heavy atom. The van der Waals surface area contributed by atoms with Crippen LogP contribution in [0.25, 0.3) is 0 Å². The molecule has 1 aliphatic heterocycles. The highest BCUT2D eigenvalue weighted by Crippen LogP contribution is 2.58. The number of piperidine rings is 1. The third-order valence-electron chi connectivity index (χ3n) is 4.95. The fourth-order valence-electron chi connectivity index (χ4n) is 3.51. The van der Waals surface area contributed by atoms with Crippen molar-refractivity contribution in [1.82, 2.24) is 10.2 Å². The standard InChI is InChI=1S/C16H32N2O2/c1-3-19-11-9-18(10-12-20-4-2)14-15-13-16(15)5-7-17-8-6-16/h15,17H,3-14H2,1-2H3. The van der Waals surface area contributed by atoms with Crippen LogP contribution < -0.4 is 5.32 Å². The maximum Gasteiger partial charge on any atom is 0.0593 e. The van der Waals surface area contributed by atoms with E-state index in [1.54, 1.807) is 0 Å². The average Bonchev–Trinajstić information content (AvgIpc) is 3.11. The monoisotopic (exact) mass is 284 g/mol. The Morgan fingerprint density at radius 1 is 1.05 bits per heavy atom. The van der Waals surface area contributed by atoms with Gasteiger partial charge in [0.15, 0.2) is 0 Å². The minimum absolute atomic E-state index is 0.681. The van der Waals surface area contributed by atoms with Crippen molar-refractivity contribution in [2.45, 2.75) is 33.1 Å². The predicted octanol–water partition coefficient (Wildman–Crippen LogP) is 1.75. The second kappa shape index (κ2) is 8.32. The quantitative estimate of drug-likeness (QED) is 0.620. The smallest absolute Gasteiger partial charge is 0.0593 e. The van der Waals surface area contributed by atoms with Gasteiger partial charge < -0.3 is 14.8 Å². The van der Waals surface area contributed by atoms with E-state index in [2.05, 4.69) is 24.1 Å². The van der Waals surface area contributed by atoms with Gasteiger partial charge in [-0.15, -0.1) is 0 Å². The van der Waals surface area contributed by atoms with E-state index in [1.807, 2.05) is 0 Å². The van der Waals surface area contributed by atoms with Gasteiger partial charge in [0.25, 0.3) is 0 Å². The second-order valence-electron chi connectivity index (χ2n) is 6.21. The second-order valence-corrected chi connectivity index (χ2v) is 6.21. The number of hydrogen-bond donors (Lipinski definition) is 1. The van der Waals surface area contributed by atoms with Gasteiger partial charge in [-0.25, -0.2) is 0 Å². The number of rotatable bonds is 10. The molecule has 118 valence electrons. The van der Waals surface area contributed by atoms with E-state index < -0.39 is 0 Å². The summed E-state index contributed by atoms with van der Waals surface area (Å²) in [7, 11) is 0. The number of ether oxygens (including phenoxy) is 2. The van der Waals surface area contributed by atoms with Gasteiger partial charge in [0.1, 0.15) is 0 Å². The van der Waals surface area contributed by atoms with Crippen LogP contribution in [0.2, 0.25) is 0 Å². The van der Waals surface area contributed by atoms with Gasteiger partial charge in [0, 0.05) is 32.8 Å². The molecule has 0 aromatic heterocycles. The normalized spacial score (nSPS) is 24.4. The fraction of sp³-hybridized carbons (Fsp3) is 1.00. The lowest BCUT2D eigenvalue weighted by molar-refractivity contribution is 0.0780. The Morgan fingerprint density at radius 3 is 2.20 bits per heavy atom. The summed E-state index contributed by atoms with van der Waals surface area (Å²) >= 11 is 0. The van der Waals surface area contributed by atoms with Crippen LogP contribution in [0.5, 0.6) is 0 Å². The zero-order valence-electron chi connectivity index (χ0n) is 13.3. The van der Waals surface area contributed by atoms with E-state index in [9.17, 15) is 0 Å². The minimum atomic E-state index is 0.681. The first-order chi connectivity index (χ1) is 9.80. The first-order valence-electron chi connectivity index (χ1n) is 8.39. The first-order valence-corrected chi connectivity index (χ1v) is 8.39. The summed E-state index contributed by atoms with van der Waals surface area (Å²) in [6.45, 7) is 13.2. The van der Waals surface area contributed by atoms with Gasteiger partial charge >= 0.3 is 0 Å². The molecule has 1 saturated heterocycles. The Hall–Kier alpha value is -0.160. The fourth-order valence-corrected chi connectivity index (χ4v) is 3.51. The van der Waals surface area contributed by atoms with Gasteiger partial charge in [0.05, 0.1) is 13.2 Å². The molecule has 1 spiro atoms. The molecule has 1 unspecified atom stereocenters. The van der Waals surface area contributed by atoms with Crippen molar-refractivity contribution in [1.29, 1.82) is 0 Å². The molecule has 1 aliphatic carbocycles. The average molecular weight is 284 g/mol. The van der Waals surface area contributed by atoms with Crippen LogP contribution in [-0.4, -0.2) is 64.1 Å². The summed E-state index contributed by atoms with van der Waals surface area (Å²) in [4.78, 5) is 2.55. The lowest BCUT2D eigenvalue weighted by atomic mass is 9.92. The van der Waals surface area contributed by atoms with Crippen LogP contribution >= 0.6 is 0 Å². The highest BCUT2D eigenvalue weighted by molar-refractivity contribution is 5.05. The van der Waals surface area contributed by atoms with Crippen LogP contribution in [0.15, 0.2) is 0 Å². The Bertz CT molecular complexity index is 257. The molecule has 0 aromatic rings. The molecule has 1 N–H and O–H groups in total. The maximum absolute atomic E-state index is 5.52. The summed E-state index contributed by atoms with van der Waals surface area (Å²) in [5.74, 6) is 0.910.